The Bertz CT molecular complexity index is 371. The Balaban J connectivity index is 2.71. The van der Waals surface area contributed by atoms with Gasteiger partial charge in [0.2, 0.25) is 5.91 Å². The van der Waals surface area contributed by atoms with Crippen molar-refractivity contribution in [2.24, 2.45) is 0 Å². The molecule has 0 saturated carbocycles. The fourth-order valence-electron chi connectivity index (χ4n) is 0.955. The number of hydrogen-bond acceptors (Lipinski definition) is 2. The van der Waals surface area contributed by atoms with Crippen LogP contribution in [-0.2, 0) is 4.79 Å². The Kier molecular flexibility index (Phi) is 4.37. The van der Waals surface area contributed by atoms with Crippen LogP contribution in [0.15, 0.2) is 34.9 Å². The number of amides is 1. The summed E-state index contributed by atoms with van der Waals surface area (Å²) in [6, 6.07) is 7.16. The van der Waals surface area contributed by atoms with Crippen molar-refractivity contribution in [3.63, 3.8) is 0 Å². The first-order valence-electron chi connectivity index (χ1n) is 4.58. The molecular formula is C11H12BrNO2. The summed E-state index contributed by atoms with van der Waals surface area (Å²) in [5.41, 5.74) is 0.662. The quantitative estimate of drug-likeness (QED) is 0.830. The van der Waals surface area contributed by atoms with Crippen molar-refractivity contribution in [2.45, 2.75) is 13.3 Å². The lowest BCUT2D eigenvalue weighted by molar-refractivity contribution is -0.119. The van der Waals surface area contributed by atoms with Crippen molar-refractivity contribution >= 4 is 27.6 Å². The number of hydrogen-bond donors (Lipinski definition) is 2. The van der Waals surface area contributed by atoms with Crippen LogP contribution in [0.25, 0.3) is 5.76 Å². The summed E-state index contributed by atoms with van der Waals surface area (Å²) in [6.45, 7) is 1.75. The largest absolute Gasteiger partial charge is 0.506 e. The van der Waals surface area contributed by atoms with E-state index < -0.39 is 0 Å². The molecule has 0 aliphatic heterocycles. The molecule has 1 aromatic rings. The summed E-state index contributed by atoms with van der Waals surface area (Å²) in [7, 11) is 0. The van der Waals surface area contributed by atoms with Gasteiger partial charge in [-0.15, -0.1) is 0 Å². The highest BCUT2D eigenvalue weighted by molar-refractivity contribution is 9.10. The zero-order valence-electron chi connectivity index (χ0n) is 8.33. The Morgan fingerprint density at radius 1 is 1.47 bits per heavy atom. The molecule has 1 rings (SSSR count). The normalized spacial score (nSPS) is 11.2. The van der Waals surface area contributed by atoms with E-state index in [2.05, 4.69) is 21.2 Å². The van der Waals surface area contributed by atoms with Crippen LogP contribution < -0.4 is 5.32 Å². The van der Waals surface area contributed by atoms with Gasteiger partial charge in [0.25, 0.3) is 0 Å². The smallest absolute Gasteiger partial charge is 0.223 e. The van der Waals surface area contributed by atoms with Gasteiger partial charge in [-0.05, 0) is 12.1 Å². The van der Waals surface area contributed by atoms with Crippen molar-refractivity contribution in [1.82, 2.24) is 5.32 Å². The third-order valence-electron chi connectivity index (χ3n) is 1.83. The predicted octanol–water partition coefficient (Wildman–Crippen LogP) is 2.83. The fraction of sp³-hybridized carbons (Fsp3) is 0.182. The summed E-state index contributed by atoms with van der Waals surface area (Å²) in [4.78, 5) is 10.9. The summed E-state index contributed by atoms with van der Waals surface area (Å²) in [6.07, 6.45) is 1.69. The maximum absolute atomic E-state index is 10.9. The number of halogens is 1. The van der Waals surface area contributed by atoms with E-state index in [1.165, 1.54) is 6.20 Å². The highest BCUT2D eigenvalue weighted by Gasteiger charge is 1.99. The number of carbonyl (C=O) groups excluding carboxylic acids is 1. The molecule has 0 aliphatic carbocycles. The second kappa shape index (κ2) is 5.56. The van der Waals surface area contributed by atoms with Crippen LogP contribution in [0.1, 0.15) is 18.9 Å². The topological polar surface area (TPSA) is 49.3 Å². The third-order valence-corrected chi connectivity index (χ3v) is 2.36. The molecule has 1 amide bonds. The highest BCUT2D eigenvalue weighted by Crippen LogP contribution is 2.15. The number of aliphatic hydroxyl groups is 1. The molecule has 0 bridgehead atoms. The summed E-state index contributed by atoms with van der Waals surface area (Å²) < 4.78 is 0.941. The molecule has 0 fully saturated rings. The second-order valence-corrected chi connectivity index (χ2v) is 3.87. The summed E-state index contributed by atoms with van der Waals surface area (Å²) >= 11 is 3.30. The number of aliphatic hydroxyl groups excluding tert-OH is 1. The first-order valence-corrected chi connectivity index (χ1v) is 5.37. The zero-order chi connectivity index (χ0) is 11.3. The van der Waals surface area contributed by atoms with Crippen LogP contribution in [0.4, 0.5) is 0 Å². The molecule has 0 saturated heterocycles. The predicted molar refractivity (Wildman–Crippen MR) is 63.2 cm³/mol. The molecule has 0 radical (unpaired) electrons. The average molecular weight is 270 g/mol. The van der Waals surface area contributed by atoms with Crippen LogP contribution in [0.2, 0.25) is 0 Å². The maximum Gasteiger partial charge on any atom is 0.223 e. The minimum absolute atomic E-state index is 0.0456. The van der Waals surface area contributed by atoms with E-state index >= 15 is 0 Å². The zero-order valence-corrected chi connectivity index (χ0v) is 9.91. The molecular weight excluding hydrogens is 258 g/mol. The number of benzene rings is 1. The van der Waals surface area contributed by atoms with Crippen molar-refractivity contribution in [3.05, 3.63) is 40.5 Å². The van der Waals surface area contributed by atoms with E-state index in [9.17, 15) is 9.90 Å². The minimum atomic E-state index is -0.126. The lowest BCUT2D eigenvalue weighted by Crippen LogP contribution is -2.15. The molecule has 15 heavy (non-hydrogen) atoms. The lowest BCUT2D eigenvalue weighted by atomic mass is 10.2. The summed E-state index contributed by atoms with van der Waals surface area (Å²) in [5, 5.41) is 12.1. The van der Waals surface area contributed by atoms with E-state index in [1.54, 1.807) is 19.1 Å². The Morgan fingerprint density at radius 3 is 2.60 bits per heavy atom. The van der Waals surface area contributed by atoms with Gasteiger partial charge in [0.05, 0.1) is 0 Å². The van der Waals surface area contributed by atoms with Crippen LogP contribution in [0, 0.1) is 0 Å². The fourth-order valence-corrected chi connectivity index (χ4v) is 1.22. The van der Waals surface area contributed by atoms with Gasteiger partial charge in [0.1, 0.15) is 5.76 Å². The molecule has 0 heterocycles. The van der Waals surface area contributed by atoms with Gasteiger partial charge >= 0.3 is 0 Å². The van der Waals surface area contributed by atoms with Gasteiger partial charge in [0.15, 0.2) is 0 Å². The van der Waals surface area contributed by atoms with Crippen molar-refractivity contribution in [2.75, 3.05) is 0 Å². The van der Waals surface area contributed by atoms with Gasteiger partial charge in [-0.2, -0.15) is 0 Å². The highest BCUT2D eigenvalue weighted by atomic mass is 79.9. The molecule has 0 spiro atoms. The Hall–Kier alpha value is -1.29. The van der Waals surface area contributed by atoms with Gasteiger partial charge in [-0.3, -0.25) is 4.79 Å². The molecule has 0 atom stereocenters. The van der Waals surface area contributed by atoms with Crippen LogP contribution in [0.5, 0.6) is 0 Å². The van der Waals surface area contributed by atoms with Gasteiger partial charge < -0.3 is 10.4 Å². The van der Waals surface area contributed by atoms with Gasteiger partial charge in [-0.25, -0.2) is 0 Å². The van der Waals surface area contributed by atoms with E-state index in [-0.39, 0.29) is 11.7 Å². The monoisotopic (exact) mass is 269 g/mol. The molecule has 4 heteroatoms. The molecule has 1 aromatic carbocycles. The Labute approximate surface area is 96.9 Å². The average Bonchev–Trinajstić information content (AvgIpc) is 2.26. The Morgan fingerprint density at radius 2 is 2.07 bits per heavy atom. The van der Waals surface area contributed by atoms with Crippen LogP contribution in [-0.4, -0.2) is 11.0 Å². The number of rotatable bonds is 3. The van der Waals surface area contributed by atoms with E-state index in [1.807, 2.05) is 12.1 Å². The first kappa shape index (κ1) is 11.8. The number of nitrogens with one attached hydrogen (secondary N) is 1. The molecule has 3 nitrogen and oxygen atoms in total. The first-order chi connectivity index (χ1) is 7.13. The number of carbonyl (C=O) groups is 1. The van der Waals surface area contributed by atoms with Crippen molar-refractivity contribution in [1.29, 1.82) is 0 Å². The third kappa shape index (κ3) is 3.75. The molecule has 2 N–H and O–H groups in total. The summed E-state index contributed by atoms with van der Waals surface area (Å²) in [5.74, 6) is -0.0806. The molecule has 0 aliphatic rings. The SMILES string of the molecule is CCC(=O)N/C=C(\O)c1ccc(Br)cc1. The van der Waals surface area contributed by atoms with Gasteiger partial charge in [0, 0.05) is 22.7 Å². The maximum atomic E-state index is 10.9. The van der Waals surface area contributed by atoms with Crippen LogP contribution >= 0.6 is 15.9 Å². The molecule has 80 valence electrons. The van der Waals surface area contributed by atoms with E-state index in [0.29, 0.717) is 12.0 Å². The van der Waals surface area contributed by atoms with E-state index in [4.69, 9.17) is 0 Å². The van der Waals surface area contributed by atoms with E-state index in [0.717, 1.165) is 4.47 Å². The van der Waals surface area contributed by atoms with Crippen molar-refractivity contribution < 1.29 is 9.90 Å². The standard InChI is InChI=1S/C11H12BrNO2/c1-2-11(15)13-7-10(14)8-3-5-9(12)6-4-8/h3-7,14H,2H2,1H3,(H,13,15)/b10-7-. The van der Waals surface area contributed by atoms with Crippen molar-refractivity contribution in [3.8, 4) is 0 Å². The molecule has 0 unspecified atom stereocenters. The lowest BCUT2D eigenvalue weighted by Gasteiger charge is -2.01. The van der Waals surface area contributed by atoms with Crippen LogP contribution in [0.3, 0.4) is 0 Å². The molecule has 0 aromatic heterocycles. The second-order valence-electron chi connectivity index (χ2n) is 2.96. The minimum Gasteiger partial charge on any atom is -0.506 e. The van der Waals surface area contributed by atoms with Gasteiger partial charge in [-0.1, -0.05) is 35.0 Å².